The number of methoxy groups -OCH3 is 1. The second-order valence-electron chi connectivity index (χ2n) is 10.3. The Morgan fingerprint density at radius 1 is 1.23 bits per heavy atom. The van der Waals surface area contributed by atoms with E-state index in [1.165, 1.54) is 35.9 Å². The van der Waals surface area contributed by atoms with E-state index < -0.39 is 66.8 Å². The van der Waals surface area contributed by atoms with Crippen molar-refractivity contribution >= 4 is 27.5 Å². The number of aliphatic hydroxyl groups excluding tert-OH is 3. The normalized spacial score (nSPS) is 27.2. The highest BCUT2D eigenvalue weighted by atomic mass is 79.9. The van der Waals surface area contributed by atoms with Crippen molar-refractivity contribution in [3.63, 3.8) is 0 Å². The van der Waals surface area contributed by atoms with Crippen LogP contribution in [-0.4, -0.2) is 99.7 Å². The molecule has 3 heterocycles. The predicted molar refractivity (Wildman–Crippen MR) is 149 cm³/mol. The van der Waals surface area contributed by atoms with Crippen molar-refractivity contribution in [1.82, 2.24) is 15.0 Å². The molecular weight excluding hydrogens is 636 g/mol. The summed E-state index contributed by atoms with van der Waals surface area (Å²) in [4.78, 5) is 15.6. The molecular formula is C28H28BrF2N5O7. The fourth-order valence-electron chi connectivity index (χ4n) is 5.38. The number of amides is 1. The fraction of sp³-hybridized carbons (Fsp3) is 0.429. The molecule has 2 saturated heterocycles. The Labute approximate surface area is 253 Å². The first kappa shape index (κ1) is 31.1. The first-order valence-corrected chi connectivity index (χ1v) is 14.0. The Kier molecular flexibility index (Phi) is 9.18. The number of aliphatic hydroxyl groups is 3. The number of hydrogen-bond acceptors (Lipinski definition) is 10. The van der Waals surface area contributed by atoms with Gasteiger partial charge in [0.05, 0.1) is 43.7 Å². The topological polar surface area (TPSA) is 163 Å². The summed E-state index contributed by atoms with van der Waals surface area (Å²) in [7, 11) is 1.29. The van der Waals surface area contributed by atoms with Gasteiger partial charge in [0.15, 0.2) is 6.10 Å². The van der Waals surface area contributed by atoms with Gasteiger partial charge in [0.2, 0.25) is 0 Å². The highest BCUT2D eigenvalue weighted by molar-refractivity contribution is 9.10. The Morgan fingerprint density at radius 3 is 2.56 bits per heavy atom. The smallest absolute Gasteiger partial charge is 0.259 e. The highest BCUT2D eigenvalue weighted by Gasteiger charge is 2.52. The maximum absolute atomic E-state index is 14.4. The maximum Gasteiger partial charge on any atom is 0.259 e. The fourth-order valence-corrected chi connectivity index (χ4v) is 5.86. The Balaban J connectivity index is 1.55. The first-order chi connectivity index (χ1) is 20.6. The molecule has 43 heavy (non-hydrogen) atoms. The number of halogens is 3. The van der Waals surface area contributed by atoms with Crippen molar-refractivity contribution in [3.05, 3.63) is 63.8 Å². The summed E-state index contributed by atoms with van der Waals surface area (Å²) in [6.45, 7) is 0.569. The standard InChI is InChI=1S/C28H28BrF2N5O7/c1-13-18(30)5-15(6-19(13)31)20-9-35(34-33-20)24-25(39)23(10-37)43-27(26(24)41-2)28(40)36(21-11-42-12-22(21)38)17-4-14(8-32)3-16(29)7-17/h3-7,9,21-27,37-39H,10-12H2,1-2H3/t21-,22-,23+,24-,25-,26+,27+/m0/s1. The summed E-state index contributed by atoms with van der Waals surface area (Å²) >= 11 is 3.35. The maximum atomic E-state index is 14.4. The molecule has 3 N–H and O–H groups in total. The highest BCUT2D eigenvalue weighted by Crippen LogP contribution is 2.36. The van der Waals surface area contributed by atoms with Gasteiger partial charge in [-0.25, -0.2) is 13.5 Å². The molecule has 3 aromatic rings. The molecule has 0 bridgehead atoms. The summed E-state index contributed by atoms with van der Waals surface area (Å²) in [5.41, 5.74) is 0.527. The number of nitriles is 1. The van der Waals surface area contributed by atoms with Crippen molar-refractivity contribution in [2.75, 3.05) is 31.8 Å². The van der Waals surface area contributed by atoms with Crippen molar-refractivity contribution in [1.29, 1.82) is 5.26 Å². The minimum absolute atomic E-state index is 0.0166. The van der Waals surface area contributed by atoms with Crippen LogP contribution in [0.5, 0.6) is 0 Å². The van der Waals surface area contributed by atoms with E-state index in [1.807, 2.05) is 6.07 Å². The minimum Gasteiger partial charge on any atom is -0.394 e. The molecule has 1 aromatic heterocycles. The number of benzene rings is 2. The van der Waals surface area contributed by atoms with Gasteiger partial charge in [-0.15, -0.1) is 5.10 Å². The summed E-state index contributed by atoms with van der Waals surface area (Å²) in [6.07, 6.45) is -5.15. The van der Waals surface area contributed by atoms with E-state index in [2.05, 4.69) is 26.2 Å². The molecule has 2 aromatic carbocycles. The monoisotopic (exact) mass is 663 g/mol. The third-order valence-corrected chi connectivity index (χ3v) is 8.11. The van der Waals surface area contributed by atoms with Gasteiger partial charge in [-0.1, -0.05) is 21.1 Å². The molecule has 1 amide bonds. The van der Waals surface area contributed by atoms with Gasteiger partial charge < -0.3 is 34.4 Å². The average Bonchev–Trinajstić information content (AvgIpc) is 3.64. The predicted octanol–water partition coefficient (Wildman–Crippen LogP) is 1.64. The van der Waals surface area contributed by atoms with Crippen molar-refractivity contribution in [2.24, 2.45) is 0 Å². The summed E-state index contributed by atoms with van der Waals surface area (Å²) in [6, 6.07) is 6.83. The second-order valence-corrected chi connectivity index (χ2v) is 11.2. The van der Waals surface area contributed by atoms with E-state index in [1.54, 1.807) is 12.1 Å². The quantitative estimate of drug-likeness (QED) is 0.339. The Morgan fingerprint density at radius 2 is 1.95 bits per heavy atom. The third kappa shape index (κ3) is 5.92. The van der Waals surface area contributed by atoms with Crippen LogP contribution in [0.3, 0.4) is 0 Å². The largest absolute Gasteiger partial charge is 0.394 e. The number of nitrogens with zero attached hydrogens (tertiary/aromatic N) is 5. The van der Waals surface area contributed by atoms with Crippen molar-refractivity contribution in [2.45, 2.75) is 49.5 Å². The van der Waals surface area contributed by atoms with E-state index >= 15 is 0 Å². The number of carbonyl (C=O) groups is 1. The van der Waals surface area contributed by atoms with Crippen molar-refractivity contribution in [3.8, 4) is 17.3 Å². The lowest BCUT2D eigenvalue weighted by Gasteiger charge is -2.45. The molecule has 15 heteroatoms. The van der Waals surface area contributed by atoms with E-state index in [9.17, 15) is 34.2 Å². The zero-order valence-corrected chi connectivity index (χ0v) is 24.6. The second kappa shape index (κ2) is 12.7. The lowest BCUT2D eigenvalue weighted by atomic mass is 9.91. The minimum atomic E-state index is -1.46. The number of rotatable bonds is 7. The SMILES string of the molecule is CO[C@@H]1[C@@H](n2cc(-c3cc(F)c(C)c(F)c3)nn2)[C@@H](O)[C@@H](CO)O[C@H]1C(=O)N(c1cc(Br)cc(C#N)c1)[C@H]1COC[C@@H]1O. The van der Waals surface area contributed by atoms with Crippen LogP contribution in [0, 0.1) is 29.9 Å². The summed E-state index contributed by atoms with van der Waals surface area (Å²) < 4.78 is 47.2. The Bertz CT molecular complexity index is 1530. The molecule has 2 aliphatic heterocycles. The van der Waals surface area contributed by atoms with Gasteiger partial charge in [-0.2, -0.15) is 5.26 Å². The molecule has 12 nitrogen and oxygen atoms in total. The Hall–Kier alpha value is -3.36. The number of anilines is 1. The van der Waals surface area contributed by atoms with Crippen molar-refractivity contribution < 1.29 is 43.1 Å². The molecule has 2 fully saturated rings. The van der Waals surface area contributed by atoms with E-state index in [0.29, 0.717) is 4.47 Å². The number of aromatic nitrogens is 3. The van der Waals surface area contributed by atoms with Gasteiger partial charge >= 0.3 is 0 Å². The van der Waals surface area contributed by atoms with E-state index in [-0.39, 0.29) is 41.3 Å². The van der Waals surface area contributed by atoms with Crippen LogP contribution in [0.15, 0.2) is 41.0 Å². The number of ether oxygens (including phenoxy) is 3. The molecule has 228 valence electrons. The lowest BCUT2D eigenvalue weighted by Crippen LogP contribution is -2.63. The van der Waals surface area contributed by atoms with Gasteiger partial charge in [0, 0.05) is 28.4 Å². The van der Waals surface area contributed by atoms with Gasteiger partial charge in [0.25, 0.3) is 5.91 Å². The van der Waals surface area contributed by atoms with Crippen LogP contribution in [0.2, 0.25) is 0 Å². The zero-order chi connectivity index (χ0) is 31.0. The molecule has 7 atom stereocenters. The summed E-state index contributed by atoms with van der Waals surface area (Å²) in [5.74, 6) is -2.26. The molecule has 0 unspecified atom stereocenters. The summed E-state index contributed by atoms with van der Waals surface area (Å²) in [5, 5.41) is 49.6. The molecule has 0 aliphatic carbocycles. The average molecular weight is 664 g/mol. The number of hydrogen-bond donors (Lipinski definition) is 3. The van der Waals surface area contributed by atoms with Gasteiger partial charge in [0.1, 0.15) is 47.8 Å². The van der Waals surface area contributed by atoms with E-state index in [0.717, 1.165) is 12.1 Å². The third-order valence-electron chi connectivity index (χ3n) is 7.66. The van der Waals surface area contributed by atoms with Crippen LogP contribution >= 0.6 is 15.9 Å². The van der Waals surface area contributed by atoms with Crippen LogP contribution in [0.25, 0.3) is 11.3 Å². The lowest BCUT2D eigenvalue weighted by molar-refractivity contribution is -0.211. The molecule has 0 spiro atoms. The molecule has 0 saturated carbocycles. The van der Waals surface area contributed by atoms with Crippen LogP contribution < -0.4 is 4.90 Å². The van der Waals surface area contributed by atoms with Gasteiger partial charge in [-0.05, 0) is 37.3 Å². The molecule has 2 aliphatic rings. The van der Waals surface area contributed by atoms with Gasteiger partial charge in [-0.3, -0.25) is 4.79 Å². The molecule has 5 rings (SSSR count). The van der Waals surface area contributed by atoms with Crippen LogP contribution in [-0.2, 0) is 19.0 Å². The zero-order valence-electron chi connectivity index (χ0n) is 23.0. The number of carbonyl (C=O) groups excluding carboxylic acids is 1. The van der Waals surface area contributed by atoms with E-state index in [4.69, 9.17) is 14.2 Å². The van der Waals surface area contributed by atoms with Crippen LogP contribution in [0.1, 0.15) is 17.2 Å². The first-order valence-electron chi connectivity index (χ1n) is 13.2. The molecule has 0 radical (unpaired) electrons. The van der Waals surface area contributed by atoms with Crippen LogP contribution in [0.4, 0.5) is 14.5 Å².